The fraction of sp³-hybridized carbons (Fsp3) is 0.250. The van der Waals surface area contributed by atoms with Gasteiger partial charge in [-0.25, -0.2) is 0 Å². The molecule has 0 N–H and O–H groups in total. The number of hydrogen-bond donors (Lipinski definition) is 0. The number of rotatable bonds is 6. The van der Waals surface area contributed by atoms with Crippen molar-refractivity contribution in [1.29, 1.82) is 0 Å². The summed E-state index contributed by atoms with van der Waals surface area (Å²) < 4.78 is 0. The van der Waals surface area contributed by atoms with E-state index >= 15 is 0 Å². The Morgan fingerprint density at radius 3 is 1.75 bits per heavy atom. The van der Waals surface area contributed by atoms with Gasteiger partial charge >= 0.3 is 0 Å². The van der Waals surface area contributed by atoms with Gasteiger partial charge in [-0.15, -0.1) is 0 Å². The molecule has 0 unspecified atom stereocenters. The van der Waals surface area contributed by atoms with Gasteiger partial charge in [-0.1, -0.05) is 93.4 Å². The van der Waals surface area contributed by atoms with Crippen molar-refractivity contribution in [3.8, 4) is 22.3 Å². The number of hydrogen-bond acceptors (Lipinski definition) is 0. The zero-order chi connectivity index (χ0) is 16.8. The van der Waals surface area contributed by atoms with E-state index in [0.717, 1.165) is 12.8 Å². The van der Waals surface area contributed by atoms with E-state index in [-0.39, 0.29) is 0 Å². The second-order valence-corrected chi connectivity index (χ2v) is 6.39. The largest absolute Gasteiger partial charge is 0.0651 e. The molecule has 0 aromatic heterocycles. The lowest BCUT2D eigenvalue weighted by Gasteiger charge is -2.17. The van der Waals surface area contributed by atoms with Crippen LogP contribution in [0, 0.1) is 0 Å². The first kappa shape index (κ1) is 16.5. The van der Waals surface area contributed by atoms with Gasteiger partial charge in [0, 0.05) is 0 Å². The highest BCUT2D eigenvalue weighted by Crippen LogP contribution is 2.33. The maximum Gasteiger partial charge on any atom is -0.0143 e. The highest BCUT2D eigenvalue weighted by molar-refractivity contribution is 5.77. The molecule has 3 aromatic rings. The third kappa shape index (κ3) is 3.59. The molecule has 0 saturated heterocycles. The van der Waals surface area contributed by atoms with Crippen LogP contribution in [-0.4, -0.2) is 0 Å². The van der Waals surface area contributed by atoms with Gasteiger partial charge in [-0.2, -0.15) is 0 Å². The van der Waals surface area contributed by atoms with Crippen LogP contribution in [0.5, 0.6) is 0 Å². The second-order valence-electron chi connectivity index (χ2n) is 6.39. The van der Waals surface area contributed by atoms with Crippen LogP contribution in [-0.2, 0) is 12.8 Å². The van der Waals surface area contributed by atoms with Crippen molar-refractivity contribution in [1.82, 2.24) is 0 Å². The fourth-order valence-electron chi connectivity index (χ4n) is 3.44. The maximum absolute atomic E-state index is 2.41. The smallest absolute Gasteiger partial charge is 0.0143 e. The summed E-state index contributed by atoms with van der Waals surface area (Å²) in [5, 5.41) is 0. The Morgan fingerprint density at radius 2 is 1.17 bits per heavy atom. The van der Waals surface area contributed by atoms with E-state index in [1.807, 2.05) is 0 Å². The van der Waals surface area contributed by atoms with Crippen LogP contribution < -0.4 is 0 Å². The third-order valence-electron chi connectivity index (χ3n) is 4.55. The van der Waals surface area contributed by atoms with E-state index in [4.69, 9.17) is 0 Å². The van der Waals surface area contributed by atoms with E-state index in [9.17, 15) is 0 Å². The molecule has 0 nitrogen and oxygen atoms in total. The van der Waals surface area contributed by atoms with Crippen molar-refractivity contribution in [3.05, 3.63) is 83.9 Å². The van der Waals surface area contributed by atoms with Gasteiger partial charge in [0.25, 0.3) is 0 Å². The third-order valence-corrected chi connectivity index (χ3v) is 4.55. The van der Waals surface area contributed by atoms with Crippen molar-refractivity contribution in [3.63, 3.8) is 0 Å². The molecule has 0 atom stereocenters. The van der Waals surface area contributed by atoms with Crippen molar-refractivity contribution < 1.29 is 0 Å². The van der Waals surface area contributed by atoms with Crippen LogP contribution in [0.3, 0.4) is 0 Å². The first-order chi connectivity index (χ1) is 11.8. The highest BCUT2D eigenvalue weighted by atomic mass is 14.2. The van der Waals surface area contributed by atoms with Gasteiger partial charge in [0.1, 0.15) is 0 Å². The molecule has 0 aliphatic heterocycles. The minimum Gasteiger partial charge on any atom is -0.0651 e. The van der Waals surface area contributed by atoms with Gasteiger partial charge < -0.3 is 0 Å². The van der Waals surface area contributed by atoms with Crippen molar-refractivity contribution in [2.24, 2.45) is 0 Å². The Morgan fingerprint density at radius 1 is 0.583 bits per heavy atom. The molecule has 0 aliphatic carbocycles. The van der Waals surface area contributed by atoms with E-state index in [0.29, 0.717) is 0 Å². The van der Waals surface area contributed by atoms with Crippen molar-refractivity contribution in [2.45, 2.75) is 39.5 Å². The standard InChI is InChI=1S/C24H26/c1-3-11-21-17-22(19-13-7-5-8-14-19)18-24(23(21)12-4-2)20-15-9-6-10-16-20/h5-10,13-18H,3-4,11-12H2,1-2H3. The lowest BCUT2D eigenvalue weighted by molar-refractivity contribution is 0.863. The molecular formula is C24H26. The molecule has 24 heavy (non-hydrogen) atoms. The van der Waals surface area contributed by atoms with Crippen LogP contribution in [0.2, 0.25) is 0 Å². The molecular weight excluding hydrogens is 288 g/mol. The Labute approximate surface area is 146 Å². The first-order valence-corrected chi connectivity index (χ1v) is 9.10. The minimum atomic E-state index is 1.15. The Hall–Kier alpha value is -2.34. The normalized spacial score (nSPS) is 10.8. The summed E-state index contributed by atoms with van der Waals surface area (Å²) in [5.41, 5.74) is 8.41. The molecule has 0 aliphatic rings. The Kier molecular flexibility index (Phi) is 5.48. The topological polar surface area (TPSA) is 0 Å². The van der Waals surface area contributed by atoms with Gasteiger partial charge in [-0.3, -0.25) is 0 Å². The summed E-state index contributed by atoms with van der Waals surface area (Å²) in [6.07, 6.45) is 4.66. The summed E-state index contributed by atoms with van der Waals surface area (Å²) in [6, 6.07) is 26.4. The molecule has 0 radical (unpaired) electrons. The first-order valence-electron chi connectivity index (χ1n) is 9.10. The van der Waals surface area contributed by atoms with Crippen LogP contribution in [0.1, 0.15) is 37.8 Å². The lowest BCUT2D eigenvalue weighted by atomic mass is 9.87. The van der Waals surface area contributed by atoms with E-state index < -0.39 is 0 Å². The Balaban J connectivity index is 2.21. The number of aryl methyl sites for hydroxylation is 1. The fourth-order valence-corrected chi connectivity index (χ4v) is 3.44. The summed E-state index contributed by atoms with van der Waals surface area (Å²) in [5.74, 6) is 0. The zero-order valence-corrected chi connectivity index (χ0v) is 14.8. The summed E-state index contributed by atoms with van der Waals surface area (Å²) in [7, 11) is 0. The predicted molar refractivity (Wildman–Crippen MR) is 105 cm³/mol. The van der Waals surface area contributed by atoms with Gasteiger partial charge in [-0.05, 0) is 52.3 Å². The predicted octanol–water partition coefficient (Wildman–Crippen LogP) is 6.93. The van der Waals surface area contributed by atoms with Crippen LogP contribution in [0.4, 0.5) is 0 Å². The summed E-state index contributed by atoms with van der Waals surface area (Å²) in [6.45, 7) is 4.54. The van der Waals surface area contributed by atoms with Crippen molar-refractivity contribution in [2.75, 3.05) is 0 Å². The molecule has 0 spiro atoms. The molecule has 3 rings (SSSR count). The molecule has 122 valence electrons. The summed E-state index contributed by atoms with van der Waals surface area (Å²) in [4.78, 5) is 0. The minimum absolute atomic E-state index is 1.15. The molecule has 0 heteroatoms. The average molecular weight is 314 g/mol. The Bertz CT molecular complexity index is 770. The summed E-state index contributed by atoms with van der Waals surface area (Å²) >= 11 is 0. The van der Waals surface area contributed by atoms with Crippen molar-refractivity contribution >= 4 is 0 Å². The van der Waals surface area contributed by atoms with Gasteiger partial charge in [0.15, 0.2) is 0 Å². The SMILES string of the molecule is CCCc1cc(-c2ccccc2)cc(-c2ccccc2)c1CCC. The maximum atomic E-state index is 2.41. The van der Waals surface area contributed by atoms with Crippen LogP contribution in [0.15, 0.2) is 72.8 Å². The molecule has 3 aromatic carbocycles. The van der Waals surface area contributed by atoms with Crippen LogP contribution in [0.25, 0.3) is 22.3 Å². The molecule has 0 amide bonds. The van der Waals surface area contributed by atoms with E-state index in [1.165, 1.54) is 46.2 Å². The highest BCUT2D eigenvalue weighted by Gasteiger charge is 2.12. The number of benzene rings is 3. The molecule has 0 bridgehead atoms. The van der Waals surface area contributed by atoms with E-state index in [2.05, 4.69) is 86.6 Å². The molecule has 0 saturated carbocycles. The second kappa shape index (κ2) is 7.97. The molecule has 0 fully saturated rings. The lowest BCUT2D eigenvalue weighted by Crippen LogP contribution is -1.99. The monoisotopic (exact) mass is 314 g/mol. The van der Waals surface area contributed by atoms with Crippen LogP contribution >= 0.6 is 0 Å². The molecule has 0 heterocycles. The van der Waals surface area contributed by atoms with Gasteiger partial charge in [0.05, 0.1) is 0 Å². The average Bonchev–Trinajstić information content (AvgIpc) is 2.65. The van der Waals surface area contributed by atoms with Gasteiger partial charge in [0.2, 0.25) is 0 Å². The quantitative estimate of drug-likeness (QED) is 0.463. The zero-order valence-electron chi connectivity index (χ0n) is 14.8. The van der Waals surface area contributed by atoms with E-state index in [1.54, 1.807) is 0 Å².